The second kappa shape index (κ2) is 7.44. The zero-order valence-electron chi connectivity index (χ0n) is 9.95. The highest BCUT2D eigenvalue weighted by molar-refractivity contribution is 5.03. The second-order valence-electron chi connectivity index (χ2n) is 4.32. The molecule has 83 valence electrons. The number of aromatic nitrogens is 1. The Bertz CT molecular complexity index is 243. The molecule has 15 heavy (non-hydrogen) atoms. The van der Waals surface area contributed by atoms with Gasteiger partial charge in [-0.25, -0.2) is 0 Å². The van der Waals surface area contributed by atoms with Crippen molar-refractivity contribution in [3.05, 3.63) is 36.5 Å². The summed E-state index contributed by atoms with van der Waals surface area (Å²) >= 11 is 0. The standard InChI is InChI=1S/C14H22N/c1-3-4-5-6-9-13(2)12-14-10-7-8-11-15-14/h3,7-8,10-11,13H,4-6,9,12H2,1-2H3. The summed E-state index contributed by atoms with van der Waals surface area (Å²) in [6.45, 7) is 4.46. The van der Waals surface area contributed by atoms with Crippen molar-refractivity contribution in [3.63, 3.8) is 0 Å². The lowest BCUT2D eigenvalue weighted by atomic mass is 9.98. The van der Waals surface area contributed by atoms with Gasteiger partial charge >= 0.3 is 0 Å². The highest BCUT2D eigenvalue weighted by Crippen LogP contribution is 2.14. The third-order valence-electron chi connectivity index (χ3n) is 2.72. The first kappa shape index (κ1) is 12.2. The van der Waals surface area contributed by atoms with Crippen molar-refractivity contribution < 1.29 is 0 Å². The molecular formula is C14H22N. The molecule has 0 aliphatic rings. The Balaban J connectivity index is 2.16. The van der Waals surface area contributed by atoms with Crippen molar-refractivity contribution in [2.75, 3.05) is 0 Å². The molecule has 1 heteroatoms. The van der Waals surface area contributed by atoms with Crippen LogP contribution >= 0.6 is 0 Å². The molecule has 0 fully saturated rings. The highest BCUT2D eigenvalue weighted by atomic mass is 14.7. The minimum Gasteiger partial charge on any atom is -0.261 e. The van der Waals surface area contributed by atoms with Crippen LogP contribution in [0, 0.1) is 12.3 Å². The van der Waals surface area contributed by atoms with Gasteiger partial charge in [0.05, 0.1) is 0 Å². The number of unbranched alkanes of at least 4 members (excludes halogenated alkanes) is 3. The van der Waals surface area contributed by atoms with Crippen LogP contribution < -0.4 is 0 Å². The highest BCUT2D eigenvalue weighted by Gasteiger charge is 2.03. The molecule has 1 nitrogen and oxygen atoms in total. The lowest BCUT2D eigenvalue weighted by Crippen LogP contribution is -2.01. The molecule has 0 amide bonds. The normalized spacial score (nSPS) is 12.7. The van der Waals surface area contributed by atoms with Crippen molar-refractivity contribution in [2.45, 2.75) is 46.0 Å². The lowest BCUT2D eigenvalue weighted by molar-refractivity contribution is 0.490. The van der Waals surface area contributed by atoms with Gasteiger partial charge in [-0.15, -0.1) is 0 Å². The summed E-state index contributed by atoms with van der Waals surface area (Å²) < 4.78 is 0. The van der Waals surface area contributed by atoms with Crippen LogP contribution in [0.15, 0.2) is 24.4 Å². The van der Waals surface area contributed by atoms with Crippen LogP contribution in [0.3, 0.4) is 0 Å². The maximum absolute atomic E-state index is 4.36. The Morgan fingerprint density at radius 3 is 2.87 bits per heavy atom. The van der Waals surface area contributed by atoms with E-state index in [1.165, 1.54) is 31.4 Å². The topological polar surface area (TPSA) is 12.9 Å². The second-order valence-corrected chi connectivity index (χ2v) is 4.32. The predicted molar refractivity (Wildman–Crippen MR) is 65.5 cm³/mol. The third-order valence-corrected chi connectivity index (χ3v) is 2.72. The summed E-state index contributed by atoms with van der Waals surface area (Å²) in [5.74, 6) is 0.761. The number of pyridine rings is 1. The average Bonchev–Trinajstić information content (AvgIpc) is 2.26. The third kappa shape index (κ3) is 5.56. The number of rotatable bonds is 7. The zero-order chi connectivity index (χ0) is 10.9. The molecule has 1 aromatic rings. The Hall–Kier alpha value is -0.850. The molecule has 0 aromatic carbocycles. The first-order chi connectivity index (χ1) is 7.33. The van der Waals surface area contributed by atoms with E-state index in [1.807, 2.05) is 12.3 Å². The monoisotopic (exact) mass is 204 g/mol. The van der Waals surface area contributed by atoms with Gasteiger partial charge in [0.1, 0.15) is 0 Å². The van der Waals surface area contributed by atoms with E-state index >= 15 is 0 Å². The number of hydrogen-bond donors (Lipinski definition) is 0. The Labute approximate surface area is 93.9 Å². The molecular weight excluding hydrogens is 182 g/mol. The van der Waals surface area contributed by atoms with E-state index in [0.29, 0.717) is 0 Å². The lowest BCUT2D eigenvalue weighted by Gasteiger charge is -2.10. The minimum absolute atomic E-state index is 0.761. The summed E-state index contributed by atoms with van der Waals surface area (Å²) in [5.41, 5.74) is 1.23. The predicted octanol–water partition coefficient (Wildman–Crippen LogP) is 4.04. The first-order valence-electron chi connectivity index (χ1n) is 6.00. The summed E-state index contributed by atoms with van der Waals surface area (Å²) in [6, 6.07) is 6.17. The quantitative estimate of drug-likeness (QED) is 0.611. The van der Waals surface area contributed by atoms with E-state index in [1.54, 1.807) is 0 Å². The average molecular weight is 204 g/mol. The molecule has 1 heterocycles. The van der Waals surface area contributed by atoms with Gasteiger partial charge in [-0.05, 0) is 30.9 Å². The van der Waals surface area contributed by atoms with E-state index in [2.05, 4.69) is 37.4 Å². The van der Waals surface area contributed by atoms with Crippen LogP contribution in [0.4, 0.5) is 0 Å². The van der Waals surface area contributed by atoms with Crippen LogP contribution in [-0.2, 0) is 6.42 Å². The van der Waals surface area contributed by atoms with Gasteiger partial charge in [0.15, 0.2) is 0 Å². The maximum Gasteiger partial charge on any atom is 0.0406 e. The molecule has 0 N–H and O–H groups in total. The van der Waals surface area contributed by atoms with Gasteiger partial charge in [-0.2, -0.15) is 0 Å². The molecule has 0 bridgehead atoms. The molecule has 1 rings (SSSR count). The molecule has 1 unspecified atom stereocenters. The van der Waals surface area contributed by atoms with E-state index in [0.717, 1.165) is 12.3 Å². The van der Waals surface area contributed by atoms with Gasteiger partial charge in [-0.3, -0.25) is 4.98 Å². The number of hydrogen-bond acceptors (Lipinski definition) is 1. The Morgan fingerprint density at radius 1 is 1.33 bits per heavy atom. The van der Waals surface area contributed by atoms with Crippen LogP contribution in [-0.4, -0.2) is 4.98 Å². The zero-order valence-corrected chi connectivity index (χ0v) is 9.95. The van der Waals surface area contributed by atoms with Crippen LogP contribution in [0.1, 0.15) is 45.2 Å². The minimum atomic E-state index is 0.761. The van der Waals surface area contributed by atoms with Crippen molar-refractivity contribution in [1.82, 2.24) is 4.98 Å². The largest absolute Gasteiger partial charge is 0.261 e. The van der Waals surface area contributed by atoms with Crippen LogP contribution in [0.25, 0.3) is 0 Å². The van der Waals surface area contributed by atoms with E-state index in [9.17, 15) is 0 Å². The van der Waals surface area contributed by atoms with E-state index in [4.69, 9.17) is 0 Å². The van der Waals surface area contributed by atoms with Gasteiger partial charge < -0.3 is 0 Å². The van der Waals surface area contributed by atoms with Crippen molar-refractivity contribution >= 4 is 0 Å². The molecule has 0 saturated heterocycles. The first-order valence-corrected chi connectivity index (χ1v) is 6.00. The SMILES string of the molecule is C[CH]CCCCC(C)Cc1ccccn1. The molecule has 0 aliphatic carbocycles. The van der Waals surface area contributed by atoms with Crippen LogP contribution in [0.5, 0.6) is 0 Å². The van der Waals surface area contributed by atoms with Crippen molar-refractivity contribution in [3.8, 4) is 0 Å². The molecule has 1 atom stereocenters. The molecule has 1 aromatic heterocycles. The van der Waals surface area contributed by atoms with Gasteiger partial charge in [0.2, 0.25) is 0 Å². The maximum atomic E-state index is 4.36. The van der Waals surface area contributed by atoms with E-state index in [-0.39, 0.29) is 0 Å². The summed E-state index contributed by atoms with van der Waals surface area (Å²) in [4.78, 5) is 4.36. The molecule has 0 saturated carbocycles. The van der Waals surface area contributed by atoms with Crippen LogP contribution in [0.2, 0.25) is 0 Å². The van der Waals surface area contributed by atoms with Gasteiger partial charge in [0.25, 0.3) is 0 Å². The Morgan fingerprint density at radius 2 is 2.20 bits per heavy atom. The van der Waals surface area contributed by atoms with Crippen molar-refractivity contribution in [1.29, 1.82) is 0 Å². The van der Waals surface area contributed by atoms with Gasteiger partial charge in [0, 0.05) is 11.9 Å². The number of nitrogens with zero attached hydrogens (tertiary/aromatic N) is 1. The fourth-order valence-corrected chi connectivity index (χ4v) is 1.82. The van der Waals surface area contributed by atoms with E-state index < -0.39 is 0 Å². The summed E-state index contributed by atoms with van der Waals surface area (Å²) in [7, 11) is 0. The molecule has 0 aliphatic heterocycles. The smallest absolute Gasteiger partial charge is 0.0406 e. The summed E-state index contributed by atoms with van der Waals surface area (Å²) in [5, 5.41) is 0. The Kier molecular flexibility index (Phi) is 6.06. The summed E-state index contributed by atoms with van der Waals surface area (Å²) in [6.07, 6.45) is 10.5. The van der Waals surface area contributed by atoms with Gasteiger partial charge in [-0.1, -0.05) is 45.6 Å². The fourth-order valence-electron chi connectivity index (χ4n) is 1.82. The molecule has 1 radical (unpaired) electrons. The van der Waals surface area contributed by atoms with Crippen molar-refractivity contribution in [2.24, 2.45) is 5.92 Å². The molecule has 0 spiro atoms. The fraction of sp³-hybridized carbons (Fsp3) is 0.571.